The number of aromatic nitrogens is 2. The highest BCUT2D eigenvalue weighted by Crippen LogP contribution is 2.24. The predicted octanol–water partition coefficient (Wildman–Crippen LogP) is 1.13. The first-order valence-corrected chi connectivity index (χ1v) is 5.58. The first-order valence-electron chi connectivity index (χ1n) is 5.58. The molecule has 0 fully saturated rings. The number of rotatable bonds is 2. The Morgan fingerprint density at radius 3 is 2.42 bits per heavy atom. The van der Waals surface area contributed by atoms with Crippen LogP contribution in [0.25, 0.3) is 10.9 Å². The molecule has 0 aliphatic heterocycles. The molecule has 0 saturated heterocycles. The number of anilines is 3. The highest BCUT2D eigenvalue weighted by Gasteiger charge is 2.10. The summed E-state index contributed by atoms with van der Waals surface area (Å²) in [5, 5.41) is 5.69. The molecule has 2 aromatic rings. The Kier molecular flexibility index (Phi) is 3.28. The third kappa shape index (κ3) is 2.95. The third-order valence-corrected chi connectivity index (χ3v) is 2.30. The average molecular weight is 259 g/mol. The molecule has 0 saturated carbocycles. The molecule has 1 heterocycles. The van der Waals surface area contributed by atoms with Crippen LogP contribution in [0.5, 0.6) is 0 Å². The SMILES string of the molecule is CC(=O)Nc1nc(NC(C)=O)c2cc(N)ccc2n1. The van der Waals surface area contributed by atoms with Crippen molar-refractivity contribution in [2.24, 2.45) is 0 Å². The number of amides is 2. The van der Waals surface area contributed by atoms with Gasteiger partial charge in [-0.3, -0.25) is 14.9 Å². The lowest BCUT2D eigenvalue weighted by molar-refractivity contribution is -0.115. The first kappa shape index (κ1) is 12.7. The number of fused-ring (bicyclic) bond motifs is 1. The van der Waals surface area contributed by atoms with Crippen LogP contribution in [-0.2, 0) is 9.59 Å². The molecule has 7 heteroatoms. The Hall–Kier alpha value is -2.70. The molecular formula is C12H13N5O2. The Morgan fingerprint density at radius 2 is 1.79 bits per heavy atom. The van der Waals surface area contributed by atoms with E-state index in [0.29, 0.717) is 22.4 Å². The monoisotopic (exact) mass is 259 g/mol. The number of nitrogens with two attached hydrogens (primary N) is 1. The number of nitrogen functional groups attached to an aromatic ring is 1. The Morgan fingerprint density at radius 1 is 1.11 bits per heavy atom. The summed E-state index contributed by atoms with van der Waals surface area (Å²) in [6, 6.07) is 5.05. The van der Waals surface area contributed by atoms with Crippen LogP contribution in [0.15, 0.2) is 18.2 Å². The van der Waals surface area contributed by atoms with Crippen molar-refractivity contribution >= 4 is 40.2 Å². The number of carbonyl (C=O) groups is 2. The van der Waals surface area contributed by atoms with Crippen molar-refractivity contribution in [2.75, 3.05) is 16.4 Å². The van der Waals surface area contributed by atoms with Crippen LogP contribution in [0.3, 0.4) is 0 Å². The molecule has 1 aromatic carbocycles. The van der Waals surface area contributed by atoms with Gasteiger partial charge >= 0.3 is 0 Å². The largest absolute Gasteiger partial charge is 0.399 e. The molecule has 0 bridgehead atoms. The maximum Gasteiger partial charge on any atom is 0.231 e. The molecule has 2 rings (SSSR count). The summed E-state index contributed by atoms with van der Waals surface area (Å²) >= 11 is 0. The molecule has 19 heavy (non-hydrogen) atoms. The molecule has 0 aliphatic rings. The van der Waals surface area contributed by atoms with E-state index in [1.54, 1.807) is 18.2 Å². The topological polar surface area (TPSA) is 110 Å². The second kappa shape index (κ2) is 4.89. The molecule has 0 radical (unpaired) electrons. The van der Waals surface area contributed by atoms with E-state index in [1.165, 1.54) is 13.8 Å². The van der Waals surface area contributed by atoms with Gasteiger partial charge in [0, 0.05) is 24.9 Å². The van der Waals surface area contributed by atoms with Gasteiger partial charge in [0.15, 0.2) is 0 Å². The summed E-state index contributed by atoms with van der Waals surface area (Å²) < 4.78 is 0. The molecule has 4 N–H and O–H groups in total. The van der Waals surface area contributed by atoms with Crippen molar-refractivity contribution in [1.82, 2.24) is 9.97 Å². The molecule has 0 spiro atoms. The third-order valence-electron chi connectivity index (χ3n) is 2.30. The molecule has 0 unspecified atom stereocenters. The Balaban J connectivity index is 2.61. The Labute approximate surface area is 109 Å². The van der Waals surface area contributed by atoms with Gasteiger partial charge in [-0.1, -0.05) is 0 Å². The van der Waals surface area contributed by atoms with Gasteiger partial charge in [0.1, 0.15) is 5.82 Å². The van der Waals surface area contributed by atoms with Crippen LogP contribution in [0, 0.1) is 0 Å². The zero-order valence-electron chi connectivity index (χ0n) is 10.5. The van der Waals surface area contributed by atoms with Crippen molar-refractivity contribution in [1.29, 1.82) is 0 Å². The van der Waals surface area contributed by atoms with Crippen LogP contribution < -0.4 is 16.4 Å². The van der Waals surface area contributed by atoms with Gasteiger partial charge in [0.2, 0.25) is 17.8 Å². The van der Waals surface area contributed by atoms with E-state index in [1.807, 2.05) is 0 Å². The summed E-state index contributed by atoms with van der Waals surface area (Å²) in [4.78, 5) is 30.5. The second-order valence-electron chi connectivity index (χ2n) is 4.03. The van der Waals surface area contributed by atoms with Gasteiger partial charge in [0.25, 0.3) is 0 Å². The van der Waals surface area contributed by atoms with Gasteiger partial charge in [-0.15, -0.1) is 0 Å². The van der Waals surface area contributed by atoms with E-state index in [4.69, 9.17) is 5.73 Å². The van der Waals surface area contributed by atoms with Crippen molar-refractivity contribution in [3.05, 3.63) is 18.2 Å². The summed E-state index contributed by atoms with van der Waals surface area (Å²) in [6.45, 7) is 2.73. The van der Waals surface area contributed by atoms with Crippen molar-refractivity contribution < 1.29 is 9.59 Å². The Bertz CT molecular complexity index is 668. The zero-order valence-corrected chi connectivity index (χ0v) is 10.5. The molecule has 2 amide bonds. The summed E-state index contributed by atoms with van der Waals surface area (Å²) in [7, 11) is 0. The molecule has 7 nitrogen and oxygen atoms in total. The quantitative estimate of drug-likeness (QED) is 0.700. The number of carbonyl (C=O) groups excluding carboxylic acids is 2. The summed E-state index contributed by atoms with van der Waals surface area (Å²) in [5.74, 6) is -0.109. The van der Waals surface area contributed by atoms with Gasteiger partial charge in [-0.25, -0.2) is 4.98 Å². The van der Waals surface area contributed by atoms with Crippen LogP contribution in [0.1, 0.15) is 13.8 Å². The minimum Gasteiger partial charge on any atom is -0.399 e. The van der Waals surface area contributed by atoms with Crippen molar-refractivity contribution in [3.63, 3.8) is 0 Å². The van der Waals surface area contributed by atoms with Gasteiger partial charge < -0.3 is 11.1 Å². The van der Waals surface area contributed by atoms with Crippen LogP contribution >= 0.6 is 0 Å². The van der Waals surface area contributed by atoms with Gasteiger partial charge in [-0.05, 0) is 18.2 Å². The second-order valence-corrected chi connectivity index (χ2v) is 4.03. The lowest BCUT2D eigenvalue weighted by Crippen LogP contribution is -2.13. The van der Waals surface area contributed by atoms with Gasteiger partial charge in [-0.2, -0.15) is 4.98 Å². The maximum absolute atomic E-state index is 11.2. The number of nitrogens with one attached hydrogen (secondary N) is 2. The zero-order chi connectivity index (χ0) is 14.0. The molecule has 1 aromatic heterocycles. The van der Waals surface area contributed by atoms with Crippen LogP contribution in [0.2, 0.25) is 0 Å². The van der Waals surface area contributed by atoms with E-state index in [2.05, 4.69) is 20.6 Å². The van der Waals surface area contributed by atoms with E-state index in [9.17, 15) is 9.59 Å². The molecular weight excluding hydrogens is 246 g/mol. The van der Waals surface area contributed by atoms with E-state index in [-0.39, 0.29) is 17.8 Å². The van der Waals surface area contributed by atoms with Crippen LogP contribution in [0.4, 0.5) is 17.5 Å². The average Bonchev–Trinajstić information content (AvgIpc) is 2.28. The molecule has 98 valence electrons. The normalized spacial score (nSPS) is 10.2. The number of hydrogen-bond acceptors (Lipinski definition) is 5. The fraction of sp³-hybridized carbons (Fsp3) is 0.167. The minimum absolute atomic E-state index is 0.133. The summed E-state index contributed by atoms with van der Waals surface area (Å²) in [5.41, 5.74) is 6.82. The lowest BCUT2D eigenvalue weighted by Gasteiger charge is -2.09. The number of benzene rings is 1. The minimum atomic E-state index is -0.288. The lowest BCUT2D eigenvalue weighted by atomic mass is 10.2. The predicted molar refractivity (Wildman–Crippen MR) is 72.6 cm³/mol. The van der Waals surface area contributed by atoms with E-state index < -0.39 is 0 Å². The smallest absolute Gasteiger partial charge is 0.231 e. The molecule has 0 aliphatic carbocycles. The standard InChI is InChI=1S/C12H13N5O2/c1-6(18)14-11-9-5-8(13)3-4-10(9)16-12(17-11)15-7(2)19/h3-5H,13H2,1-2H3,(H2,14,15,16,17,18,19). The van der Waals surface area contributed by atoms with Crippen molar-refractivity contribution in [3.8, 4) is 0 Å². The molecule has 0 atom stereocenters. The van der Waals surface area contributed by atoms with Crippen molar-refractivity contribution in [2.45, 2.75) is 13.8 Å². The van der Waals surface area contributed by atoms with Crippen LogP contribution in [-0.4, -0.2) is 21.8 Å². The highest BCUT2D eigenvalue weighted by atomic mass is 16.2. The number of nitrogens with zero attached hydrogens (tertiary/aromatic N) is 2. The fourth-order valence-corrected chi connectivity index (χ4v) is 1.62. The maximum atomic E-state index is 11.2. The first-order chi connectivity index (χ1) is 8.95. The number of hydrogen-bond donors (Lipinski definition) is 3. The van der Waals surface area contributed by atoms with E-state index in [0.717, 1.165) is 0 Å². The highest BCUT2D eigenvalue weighted by molar-refractivity contribution is 6.00. The van der Waals surface area contributed by atoms with Gasteiger partial charge in [0.05, 0.1) is 5.52 Å². The van der Waals surface area contributed by atoms with E-state index >= 15 is 0 Å². The summed E-state index contributed by atoms with van der Waals surface area (Å²) in [6.07, 6.45) is 0. The fourth-order valence-electron chi connectivity index (χ4n) is 1.62.